The number of halogens is 1. The fraction of sp³-hybridized carbons (Fsp3) is 0.353. The number of hydrogen-bond acceptors (Lipinski definition) is 5. The van der Waals surface area contributed by atoms with Crippen LogP contribution in [0.25, 0.3) is 0 Å². The summed E-state index contributed by atoms with van der Waals surface area (Å²) in [7, 11) is 1.56. The number of carbonyl (C=O) groups excluding carboxylic acids is 1. The minimum absolute atomic E-state index is 0.0171. The molecule has 1 N–H and O–H groups in total. The van der Waals surface area contributed by atoms with Gasteiger partial charge in [0, 0.05) is 29.9 Å². The van der Waals surface area contributed by atoms with E-state index in [2.05, 4.69) is 20.4 Å². The third kappa shape index (κ3) is 3.94. The Morgan fingerprint density at radius 1 is 1.25 bits per heavy atom. The quantitative estimate of drug-likeness (QED) is 0.921. The van der Waals surface area contributed by atoms with Gasteiger partial charge >= 0.3 is 0 Å². The second-order valence-electron chi connectivity index (χ2n) is 5.72. The van der Waals surface area contributed by atoms with Crippen molar-refractivity contribution in [1.29, 1.82) is 0 Å². The Labute approximate surface area is 145 Å². The molecular weight excluding hydrogens is 328 g/mol. The van der Waals surface area contributed by atoms with E-state index in [4.69, 9.17) is 16.3 Å². The summed E-state index contributed by atoms with van der Waals surface area (Å²) in [6.07, 6.45) is 1.80. The highest BCUT2D eigenvalue weighted by Crippen LogP contribution is 2.23. The normalized spacial score (nSPS) is 17.4. The summed E-state index contributed by atoms with van der Waals surface area (Å²) in [5.74, 6) is 1.18. The first-order valence-electron chi connectivity index (χ1n) is 7.85. The van der Waals surface area contributed by atoms with E-state index in [0.29, 0.717) is 17.4 Å². The molecule has 0 aliphatic carbocycles. The fourth-order valence-electron chi connectivity index (χ4n) is 2.77. The summed E-state index contributed by atoms with van der Waals surface area (Å²) >= 11 is 5.86. The van der Waals surface area contributed by atoms with Gasteiger partial charge in [0.1, 0.15) is 0 Å². The van der Waals surface area contributed by atoms with E-state index in [0.717, 1.165) is 30.9 Å². The van der Waals surface area contributed by atoms with Crippen LogP contribution in [0.5, 0.6) is 5.88 Å². The molecule has 1 unspecified atom stereocenters. The first-order valence-corrected chi connectivity index (χ1v) is 8.22. The average Bonchev–Trinajstić information content (AvgIpc) is 2.64. The van der Waals surface area contributed by atoms with Gasteiger partial charge in [-0.1, -0.05) is 11.6 Å². The standard InChI is InChI=1S/C17H19ClN4O2/c1-24-16-9-8-15(20-21-16)22-10-2-3-12(11-22)17(23)19-14-6-4-13(18)5-7-14/h4-9,12H,2-3,10-11H2,1H3,(H,19,23). The van der Waals surface area contributed by atoms with Gasteiger partial charge in [0.25, 0.3) is 0 Å². The maximum Gasteiger partial charge on any atom is 0.233 e. The van der Waals surface area contributed by atoms with Crippen molar-refractivity contribution in [3.63, 3.8) is 0 Å². The highest BCUT2D eigenvalue weighted by atomic mass is 35.5. The molecule has 1 saturated heterocycles. The van der Waals surface area contributed by atoms with Crippen molar-refractivity contribution in [3.8, 4) is 5.88 Å². The molecule has 1 aliphatic heterocycles. The Morgan fingerprint density at radius 3 is 2.71 bits per heavy atom. The molecule has 1 atom stereocenters. The number of piperidine rings is 1. The van der Waals surface area contributed by atoms with Gasteiger partial charge in [-0.05, 0) is 43.2 Å². The summed E-state index contributed by atoms with van der Waals surface area (Å²) < 4.78 is 5.02. The number of nitrogens with zero attached hydrogens (tertiary/aromatic N) is 3. The van der Waals surface area contributed by atoms with Crippen molar-refractivity contribution >= 4 is 29.0 Å². The summed E-state index contributed by atoms with van der Waals surface area (Å²) in [6, 6.07) is 10.8. The highest BCUT2D eigenvalue weighted by molar-refractivity contribution is 6.30. The number of aromatic nitrogens is 2. The zero-order valence-corrected chi connectivity index (χ0v) is 14.2. The van der Waals surface area contributed by atoms with Crippen molar-refractivity contribution in [2.75, 3.05) is 30.4 Å². The molecule has 1 aliphatic rings. The second kappa shape index (κ2) is 7.49. The van der Waals surface area contributed by atoms with E-state index in [1.807, 2.05) is 6.07 Å². The maximum atomic E-state index is 12.5. The SMILES string of the molecule is COc1ccc(N2CCCC(C(=O)Nc3ccc(Cl)cc3)C2)nn1. The van der Waals surface area contributed by atoms with Gasteiger partial charge in [0.05, 0.1) is 13.0 Å². The lowest BCUT2D eigenvalue weighted by Crippen LogP contribution is -2.41. The lowest BCUT2D eigenvalue weighted by Gasteiger charge is -2.32. The maximum absolute atomic E-state index is 12.5. The van der Waals surface area contributed by atoms with Crippen LogP contribution < -0.4 is 15.0 Å². The first kappa shape index (κ1) is 16.5. The first-order chi connectivity index (χ1) is 11.7. The number of nitrogens with one attached hydrogen (secondary N) is 1. The molecule has 126 valence electrons. The molecule has 3 rings (SSSR count). The van der Waals surface area contributed by atoms with Gasteiger partial charge in [0.2, 0.25) is 11.8 Å². The van der Waals surface area contributed by atoms with Crippen LogP contribution in [0.1, 0.15) is 12.8 Å². The third-order valence-electron chi connectivity index (χ3n) is 4.06. The van der Waals surface area contributed by atoms with Gasteiger partial charge < -0.3 is 15.0 Å². The summed E-state index contributed by atoms with van der Waals surface area (Å²) in [6.45, 7) is 1.49. The van der Waals surface area contributed by atoms with Gasteiger partial charge in [-0.2, -0.15) is 0 Å². The van der Waals surface area contributed by atoms with Crippen LogP contribution in [0, 0.1) is 5.92 Å². The molecule has 1 aromatic heterocycles. The molecule has 1 amide bonds. The molecule has 6 nitrogen and oxygen atoms in total. The van der Waals surface area contributed by atoms with Crippen LogP contribution in [0.2, 0.25) is 5.02 Å². The van der Waals surface area contributed by atoms with E-state index < -0.39 is 0 Å². The van der Waals surface area contributed by atoms with E-state index >= 15 is 0 Å². The molecule has 0 saturated carbocycles. The van der Waals surface area contributed by atoms with Crippen LogP contribution in [-0.2, 0) is 4.79 Å². The Balaban J connectivity index is 1.63. The lowest BCUT2D eigenvalue weighted by atomic mass is 9.97. The van der Waals surface area contributed by atoms with Crippen LogP contribution in [0.4, 0.5) is 11.5 Å². The predicted octanol–water partition coefficient (Wildman–Crippen LogP) is 2.99. The molecule has 2 aromatic rings. The molecule has 24 heavy (non-hydrogen) atoms. The number of rotatable bonds is 4. The third-order valence-corrected chi connectivity index (χ3v) is 4.32. The molecule has 0 spiro atoms. The Hall–Kier alpha value is -2.34. The van der Waals surface area contributed by atoms with E-state index in [1.165, 1.54) is 0 Å². The van der Waals surface area contributed by atoms with Crippen molar-refractivity contribution in [3.05, 3.63) is 41.4 Å². The molecule has 2 heterocycles. The zero-order chi connectivity index (χ0) is 16.9. The smallest absolute Gasteiger partial charge is 0.233 e. The topological polar surface area (TPSA) is 67.3 Å². The van der Waals surface area contributed by atoms with Crippen LogP contribution >= 0.6 is 11.6 Å². The molecule has 0 bridgehead atoms. The average molecular weight is 347 g/mol. The van der Waals surface area contributed by atoms with Gasteiger partial charge in [-0.25, -0.2) is 0 Å². The number of hydrogen-bond donors (Lipinski definition) is 1. The number of anilines is 2. The van der Waals surface area contributed by atoms with Crippen LogP contribution in [-0.4, -0.2) is 36.3 Å². The highest BCUT2D eigenvalue weighted by Gasteiger charge is 2.26. The number of amides is 1. The van der Waals surface area contributed by atoms with Crippen molar-refractivity contribution < 1.29 is 9.53 Å². The number of benzene rings is 1. The van der Waals surface area contributed by atoms with Gasteiger partial charge in [0.15, 0.2) is 5.82 Å². The van der Waals surface area contributed by atoms with Crippen LogP contribution in [0.3, 0.4) is 0 Å². The monoisotopic (exact) mass is 346 g/mol. The largest absolute Gasteiger partial charge is 0.480 e. The fourth-order valence-corrected chi connectivity index (χ4v) is 2.89. The van der Waals surface area contributed by atoms with Crippen molar-refractivity contribution in [1.82, 2.24) is 10.2 Å². The molecule has 1 aromatic carbocycles. The number of carbonyl (C=O) groups is 1. The minimum Gasteiger partial charge on any atom is -0.480 e. The number of ether oxygens (including phenoxy) is 1. The van der Waals surface area contributed by atoms with Crippen LogP contribution in [0.15, 0.2) is 36.4 Å². The molecule has 1 fully saturated rings. The molecule has 7 heteroatoms. The Morgan fingerprint density at radius 2 is 2.04 bits per heavy atom. The van der Waals surface area contributed by atoms with Crippen molar-refractivity contribution in [2.45, 2.75) is 12.8 Å². The van der Waals surface area contributed by atoms with Gasteiger partial charge in [-0.3, -0.25) is 4.79 Å². The summed E-state index contributed by atoms with van der Waals surface area (Å²) in [4.78, 5) is 14.6. The molecule has 0 radical (unpaired) electrons. The lowest BCUT2D eigenvalue weighted by molar-refractivity contribution is -0.120. The Bertz CT molecular complexity index is 691. The molecular formula is C17H19ClN4O2. The Kier molecular flexibility index (Phi) is 5.15. The van der Waals surface area contributed by atoms with Crippen molar-refractivity contribution in [2.24, 2.45) is 5.92 Å². The minimum atomic E-state index is -0.0849. The summed E-state index contributed by atoms with van der Waals surface area (Å²) in [5.41, 5.74) is 0.755. The second-order valence-corrected chi connectivity index (χ2v) is 6.15. The predicted molar refractivity (Wildman–Crippen MR) is 93.6 cm³/mol. The summed E-state index contributed by atoms with van der Waals surface area (Å²) in [5, 5.41) is 11.8. The zero-order valence-electron chi connectivity index (χ0n) is 13.4. The van der Waals surface area contributed by atoms with E-state index in [1.54, 1.807) is 37.4 Å². The van der Waals surface area contributed by atoms with E-state index in [9.17, 15) is 4.79 Å². The van der Waals surface area contributed by atoms with Gasteiger partial charge in [-0.15, -0.1) is 10.2 Å². The van der Waals surface area contributed by atoms with E-state index in [-0.39, 0.29) is 11.8 Å². The number of methoxy groups -OCH3 is 1.